The van der Waals surface area contributed by atoms with Gasteiger partial charge >= 0.3 is 0 Å². The molecule has 0 saturated carbocycles. The Bertz CT molecular complexity index is 862. The summed E-state index contributed by atoms with van der Waals surface area (Å²) in [4.78, 5) is 16.3. The van der Waals surface area contributed by atoms with Crippen molar-refractivity contribution in [3.8, 4) is 10.6 Å². The van der Waals surface area contributed by atoms with E-state index >= 15 is 0 Å². The molecule has 0 aliphatic heterocycles. The fraction of sp³-hybridized carbons (Fsp3) is 0.111. The summed E-state index contributed by atoms with van der Waals surface area (Å²) in [6.45, 7) is 7.40. The minimum atomic E-state index is -0.164. The van der Waals surface area contributed by atoms with Crippen molar-refractivity contribution < 1.29 is 4.79 Å². The van der Waals surface area contributed by atoms with Crippen molar-refractivity contribution in [3.05, 3.63) is 60.2 Å². The van der Waals surface area contributed by atoms with Gasteiger partial charge in [0.05, 0.1) is 10.2 Å². The molecular formula is C18H16N2OS. The first kappa shape index (κ1) is 14.5. The lowest BCUT2D eigenvalue weighted by Crippen LogP contribution is -2.11. The highest BCUT2D eigenvalue weighted by molar-refractivity contribution is 7.21. The lowest BCUT2D eigenvalue weighted by Gasteiger charge is -2.05. The highest BCUT2D eigenvalue weighted by atomic mass is 32.1. The monoisotopic (exact) mass is 308 g/mol. The van der Waals surface area contributed by atoms with Gasteiger partial charge in [-0.25, -0.2) is 4.98 Å². The van der Waals surface area contributed by atoms with E-state index in [1.54, 1.807) is 18.3 Å². The lowest BCUT2D eigenvalue weighted by molar-refractivity contribution is -0.112. The van der Waals surface area contributed by atoms with Gasteiger partial charge < -0.3 is 5.32 Å². The molecule has 0 saturated heterocycles. The van der Waals surface area contributed by atoms with Gasteiger partial charge in [-0.3, -0.25) is 4.79 Å². The Kier molecular flexibility index (Phi) is 3.77. The van der Waals surface area contributed by atoms with Crippen LogP contribution >= 0.6 is 11.3 Å². The summed E-state index contributed by atoms with van der Waals surface area (Å²) in [6.07, 6.45) is 0. The molecular weight excluding hydrogens is 292 g/mol. The van der Waals surface area contributed by atoms with Crippen LogP contribution in [0.1, 0.15) is 12.5 Å². The molecule has 3 rings (SSSR count). The van der Waals surface area contributed by atoms with E-state index in [2.05, 4.69) is 35.9 Å². The van der Waals surface area contributed by atoms with Crippen molar-refractivity contribution in [2.45, 2.75) is 13.8 Å². The van der Waals surface area contributed by atoms with Gasteiger partial charge in [-0.1, -0.05) is 12.6 Å². The number of carbonyl (C=O) groups is 1. The predicted molar refractivity (Wildman–Crippen MR) is 93.2 cm³/mol. The molecule has 0 radical (unpaired) electrons. The van der Waals surface area contributed by atoms with E-state index in [1.165, 1.54) is 10.3 Å². The number of benzene rings is 2. The first-order valence-electron chi connectivity index (χ1n) is 6.97. The summed E-state index contributed by atoms with van der Waals surface area (Å²) < 4.78 is 1.19. The van der Waals surface area contributed by atoms with Gasteiger partial charge in [0.25, 0.3) is 5.91 Å². The second-order valence-corrected chi connectivity index (χ2v) is 6.33. The molecule has 110 valence electrons. The molecule has 0 aliphatic rings. The zero-order valence-electron chi connectivity index (χ0n) is 12.5. The van der Waals surface area contributed by atoms with Crippen molar-refractivity contribution in [1.29, 1.82) is 0 Å². The quantitative estimate of drug-likeness (QED) is 0.707. The normalized spacial score (nSPS) is 10.6. The summed E-state index contributed by atoms with van der Waals surface area (Å²) in [5.74, 6) is -0.164. The number of carbonyl (C=O) groups excluding carboxylic acids is 1. The van der Waals surface area contributed by atoms with E-state index in [-0.39, 0.29) is 5.91 Å². The first-order chi connectivity index (χ1) is 10.5. The number of rotatable bonds is 3. The Morgan fingerprint density at radius 3 is 2.59 bits per heavy atom. The number of aromatic nitrogens is 1. The third-order valence-corrected chi connectivity index (χ3v) is 4.39. The maximum atomic E-state index is 11.6. The molecule has 0 unspecified atom stereocenters. The van der Waals surface area contributed by atoms with E-state index in [4.69, 9.17) is 0 Å². The van der Waals surface area contributed by atoms with E-state index in [0.29, 0.717) is 5.57 Å². The Morgan fingerprint density at radius 1 is 1.18 bits per heavy atom. The van der Waals surface area contributed by atoms with Crippen LogP contribution in [0.5, 0.6) is 0 Å². The number of hydrogen-bond acceptors (Lipinski definition) is 3. The van der Waals surface area contributed by atoms with E-state index in [0.717, 1.165) is 21.8 Å². The van der Waals surface area contributed by atoms with Crippen LogP contribution in [-0.4, -0.2) is 10.9 Å². The van der Waals surface area contributed by atoms with Gasteiger partial charge in [0.2, 0.25) is 0 Å². The molecule has 3 nitrogen and oxygen atoms in total. The van der Waals surface area contributed by atoms with Crippen molar-refractivity contribution in [2.75, 3.05) is 5.32 Å². The Morgan fingerprint density at radius 2 is 1.91 bits per heavy atom. The second kappa shape index (κ2) is 5.73. The number of nitrogens with one attached hydrogen (secondary N) is 1. The Balaban J connectivity index is 1.88. The molecule has 0 atom stereocenters. The van der Waals surface area contributed by atoms with Crippen molar-refractivity contribution >= 4 is 33.1 Å². The molecule has 3 aromatic rings. The van der Waals surface area contributed by atoms with Gasteiger partial charge in [-0.15, -0.1) is 11.3 Å². The van der Waals surface area contributed by atoms with Crippen LogP contribution in [0.25, 0.3) is 20.8 Å². The van der Waals surface area contributed by atoms with Crippen molar-refractivity contribution in [2.24, 2.45) is 0 Å². The number of anilines is 1. The van der Waals surface area contributed by atoms with Crippen LogP contribution in [-0.2, 0) is 4.79 Å². The maximum absolute atomic E-state index is 11.6. The molecule has 0 bridgehead atoms. The van der Waals surface area contributed by atoms with Gasteiger partial charge in [0.1, 0.15) is 5.01 Å². The van der Waals surface area contributed by atoms with Gasteiger partial charge in [-0.2, -0.15) is 0 Å². The third-order valence-electron chi connectivity index (χ3n) is 3.32. The average Bonchev–Trinajstić information content (AvgIpc) is 2.90. The minimum Gasteiger partial charge on any atom is -0.322 e. The van der Waals surface area contributed by atoms with Crippen LogP contribution in [0.4, 0.5) is 5.69 Å². The van der Waals surface area contributed by atoms with Crippen LogP contribution < -0.4 is 5.32 Å². The number of fused-ring (bicyclic) bond motifs is 1. The maximum Gasteiger partial charge on any atom is 0.250 e. The largest absolute Gasteiger partial charge is 0.322 e. The van der Waals surface area contributed by atoms with Gasteiger partial charge in [0, 0.05) is 16.8 Å². The molecule has 1 N–H and O–H groups in total. The summed E-state index contributed by atoms with van der Waals surface area (Å²) >= 11 is 1.68. The standard InChI is InChI=1S/C18H16N2OS/c1-11(2)17(21)19-14-7-5-13(6-8-14)18-20-15-9-4-12(3)10-16(15)22-18/h4-10H,1H2,2-3H3,(H,19,21). The Hall–Kier alpha value is -2.46. The molecule has 4 heteroatoms. The van der Waals surface area contributed by atoms with Crippen LogP contribution in [0.3, 0.4) is 0 Å². The van der Waals surface area contributed by atoms with Crippen molar-refractivity contribution in [3.63, 3.8) is 0 Å². The van der Waals surface area contributed by atoms with Crippen LogP contribution in [0, 0.1) is 6.92 Å². The van der Waals surface area contributed by atoms with Gasteiger partial charge in [-0.05, 0) is 55.8 Å². The topological polar surface area (TPSA) is 42.0 Å². The molecule has 2 aromatic carbocycles. The van der Waals surface area contributed by atoms with Crippen LogP contribution in [0.2, 0.25) is 0 Å². The molecule has 0 spiro atoms. The number of amides is 1. The molecule has 0 aliphatic carbocycles. The summed E-state index contributed by atoms with van der Waals surface area (Å²) in [5.41, 5.74) is 4.55. The predicted octanol–water partition coefficient (Wildman–Crippen LogP) is 4.79. The molecule has 1 amide bonds. The molecule has 22 heavy (non-hydrogen) atoms. The van der Waals surface area contributed by atoms with E-state index < -0.39 is 0 Å². The highest BCUT2D eigenvalue weighted by Crippen LogP contribution is 2.31. The number of hydrogen-bond donors (Lipinski definition) is 1. The van der Waals surface area contributed by atoms with Crippen LogP contribution in [0.15, 0.2) is 54.6 Å². The lowest BCUT2D eigenvalue weighted by atomic mass is 10.2. The summed E-state index contributed by atoms with van der Waals surface area (Å²) in [6, 6.07) is 14.0. The zero-order valence-corrected chi connectivity index (χ0v) is 13.3. The first-order valence-corrected chi connectivity index (χ1v) is 7.79. The number of aryl methyl sites for hydroxylation is 1. The van der Waals surface area contributed by atoms with E-state index in [9.17, 15) is 4.79 Å². The summed E-state index contributed by atoms with van der Waals surface area (Å²) in [5, 5.41) is 3.78. The SMILES string of the molecule is C=C(C)C(=O)Nc1ccc(-c2nc3ccc(C)cc3s2)cc1. The third kappa shape index (κ3) is 2.92. The zero-order chi connectivity index (χ0) is 15.7. The highest BCUT2D eigenvalue weighted by Gasteiger charge is 2.07. The average molecular weight is 308 g/mol. The minimum absolute atomic E-state index is 0.164. The second-order valence-electron chi connectivity index (χ2n) is 5.30. The van der Waals surface area contributed by atoms with Crippen molar-refractivity contribution in [1.82, 2.24) is 4.98 Å². The smallest absolute Gasteiger partial charge is 0.250 e. The van der Waals surface area contributed by atoms with E-state index in [1.807, 2.05) is 30.3 Å². The Labute approximate surface area is 133 Å². The molecule has 1 aromatic heterocycles. The molecule has 0 fully saturated rings. The summed E-state index contributed by atoms with van der Waals surface area (Å²) in [7, 11) is 0. The fourth-order valence-corrected chi connectivity index (χ4v) is 3.16. The van der Waals surface area contributed by atoms with Gasteiger partial charge in [0.15, 0.2) is 0 Å². The number of thiazole rings is 1. The number of nitrogens with zero attached hydrogens (tertiary/aromatic N) is 1. The fourth-order valence-electron chi connectivity index (χ4n) is 2.09. The molecule has 1 heterocycles.